The van der Waals surface area contributed by atoms with Gasteiger partial charge in [-0.05, 0) is 19.9 Å². The Morgan fingerprint density at radius 2 is 2.05 bits per heavy atom. The number of carbonyl (C=O) groups excluding carboxylic acids is 2. The van der Waals surface area contributed by atoms with E-state index >= 15 is 0 Å². The van der Waals surface area contributed by atoms with E-state index in [2.05, 4.69) is 5.32 Å². The van der Waals surface area contributed by atoms with Crippen LogP contribution in [0.25, 0.3) is 0 Å². The molecular weight excluding hydrogens is 248 g/mol. The second kappa shape index (κ2) is 6.08. The molecule has 0 fully saturated rings. The van der Waals surface area contributed by atoms with Crippen molar-refractivity contribution in [2.24, 2.45) is 0 Å². The third-order valence-electron chi connectivity index (χ3n) is 2.93. The van der Waals surface area contributed by atoms with Crippen molar-refractivity contribution in [3.8, 4) is 0 Å². The summed E-state index contributed by atoms with van der Waals surface area (Å²) in [6, 6.07) is 3.69. The Morgan fingerprint density at radius 3 is 2.58 bits per heavy atom. The van der Waals surface area contributed by atoms with Gasteiger partial charge >= 0.3 is 0 Å². The van der Waals surface area contributed by atoms with Crippen LogP contribution in [0.1, 0.15) is 36.2 Å². The first-order valence-electron chi connectivity index (χ1n) is 5.96. The van der Waals surface area contributed by atoms with Crippen LogP contribution >= 0.6 is 0 Å². The number of ketones is 1. The average molecular weight is 264 g/mol. The topological polar surface area (TPSA) is 89.3 Å². The van der Waals surface area contributed by atoms with Crippen LogP contribution in [0.3, 0.4) is 0 Å². The molecule has 0 aliphatic rings. The smallest absolute Gasteiger partial charge is 0.273 e. The summed E-state index contributed by atoms with van der Waals surface area (Å²) in [5.74, 6) is -0.563. The fourth-order valence-electron chi connectivity index (χ4n) is 1.73. The molecule has 0 radical (unpaired) electrons. The minimum atomic E-state index is -0.601. The minimum absolute atomic E-state index is 0.0866. The number of nitrogens with one attached hydrogen (secondary N) is 1. The zero-order chi connectivity index (χ0) is 14.6. The Kier molecular flexibility index (Phi) is 4.74. The van der Waals surface area contributed by atoms with Gasteiger partial charge in [0.15, 0.2) is 5.78 Å². The molecule has 102 valence electrons. The summed E-state index contributed by atoms with van der Waals surface area (Å²) in [4.78, 5) is 33.7. The Bertz CT molecular complexity index is 525. The summed E-state index contributed by atoms with van der Waals surface area (Å²) < 4.78 is 0. The second-order valence-corrected chi connectivity index (χ2v) is 4.22. The quantitative estimate of drug-likeness (QED) is 0.650. The Morgan fingerprint density at radius 1 is 1.42 bits per heavy atom. The summed E-state index contributed by atoms with van der Waals surface area (Å²) in [6.45, 7) is 4.82. The SMILES string of the molecule is CCC(=O)C(C)NC(=O)c1cccc([N+](=O)[O-])c1C. The van der Waals surface area contributed by atoms with Crippen molar-refractivity contribution in [2.45, 2.75) is 33.2 Å². The number of benzene rings is 1. The molecule has 1 aromatic carbocycles. The molecular formula is C13H16N2O4. The Hall–Kier alpha value is -2.24. The van der Waals surface area contributed by atoms with Crippen LogP contribution in [0.5, 0.6) is 0 Å². The lowest BCUT2D eigenvalue weighted by atomic mass is 10.1. The lowest BCUT2D eigenvalue weighted by Crippen LogP contribution is -2.38. The molecule has 6 heteroatoms. The van der Waals surface area contributed by atoms with Crippen LogP contribution in [-0.4, -0.2) is 22.7 Å². The highest BCUT2D eigenvalue weighted by atomic mass is 16.6. The van der Waals surface area contributed by atoms with E-state index in [4.69, 9.17) is 0 Å². The highest BCUT2D eigenvalue weighted by molar-refractivity contribution is 5.99. The van der Waals surface area contributed by atoms with Crippen LogP contribution in [0.4, 0.5) is 5.69 Å². The van der Waals surface area contributed by atoms with Crippen molar-refractivity contribution in [3.05, 3.63) is 39.4 Å². The largest absolute Gasteiger partial charge is 0.343 e. The Labute approximate surface area is 111 Å². The second-order valence-electron chi connectivity index (χ2n) is 4.22. The normalized spacial score (nSPS) is 11.7. The van der Waals surface area contributed by atoms with Gasteiger partial charge in [0.05, 0.1) is 11.0 Å². The molecule has 0 saturated carbocycles. The van der Waals surface area contributed by atoms with Gasteiger partial charge in [-0.25, -0.2) is 0 Å². The van der Waals surface area contributed by atoms with E-state index in [9.17, 15) is 19.7 Å². The van der Waals surface area contributed by atoms with Crippen molar-refractivity contribution in [2.75, 3.05) is 0 Å². The molecule has 1 aromatic rings. The van der Waals surface area contributed by atoms with E-state index in [1.807, 2.05) is 0 Å². The van der Waals surface area contributed by atoms with Crippen LogP contribution in [0.15, 0.2) is 18.2 Å². The molecule has 0 spiro atoms. The highest BCUT2D eigenvalue weighted by Gasteiger charge is 2.20. The Balaban J connectivity index is 2.98. The van der Waals surface area contributed by atoms with Gasteiger partial charge in [0, 0.05) is 23.6 Å². The van der Waals surface area contributed by atoms with Crippen molar-refractivity contribution in [3.63, 3.8) is 0 Å². The van der Waals surface area contributed by atoms with Gasteiger partial charge in [0.1, 0.15) is 0 Å². The van der Waals surface area contributed by atoms with Gasteiger partial charge in [-0.2, -0.15) is 0 Å². The van der Waals surface area contributed by atoms with Gasteiger partial charge in [-0.15, -0.1) is 0 Å². The van der Waals surface area contributed by atoms with E-state index in [1.165, 1.54) is 25.1 Å². The molecule has 6 nitrogen and oxygen atoms in total. The molecule has 0 heterocycles. The van der Waals surface area contributed by atoms with Crippen LogP contribution in [0, 0.1) is 17.0 Å². The molecule has 0 saturated heterocycles. The van der Waals surface area contributed by atoms with E-state index in [0.29, 0.717) is 12.0 Å². The summed E-state index contributed by atoms with van der Waals surface area (Å²) in [5, 5.41) is 13.3. The zero-order valence-electron chi connectivity index (χ0n) is 11.1. The van der Waals surface area contributed by atoms with Gasteiger partial charge in [0.2, 0.25) is 0 Å². The summed E-state index contributed by atoms with van der Waals surface area (Å²) in [6.07, 6.45) is 0.329. The zero-order valence-corrected chi connectivity index (χ0v) is 11.1. The number of rotatable bonds is 5. The molecule has 1 amide bonds. The monoisotopic (exact) mass is 264 g/mol. The van der Waals surface area contributed by atoms with Crippen molar-refractivity contribution in [1.82, 2.24) is 5.32 Å². The van der Waals surface area contributed by atoms with Crippen molar-refractivity contribution < 1.29 is 14.5 Å². The predicted molar refractivity (Wildman–Crippen MR) is 70.1 cm³/mol. The summed E-state index contributed by atoms with van der Waals surface area (Å²) in [7, 11) is 0. The molecule has 1 atom stereocenters. The number of hydrogen-bond donors (Lipinski definition) is 1. The molecule has 0 aliphatic carbocycles. The number of nitrogens with zero attached hydrogens (tertiary/aromatic N) is 1. The molecule has 19 heavy (non-hydrogen) atoms. The first kappa shape index (κ1) is 14.8. The van der Waals surface area contributed by atoms with E-state index in [-0.39, 0.29) is 17.0 Å². The minimum Gasteiger partial charge on any atom is -0.343 e. The number of Topliss-reactive ketones (excluding diaryl/α,β-unsaturated/α-hetero) is 1. The maximum absolute atomic E-state index is 12.0. The fourth-order valence-corrected chi connectivity index (χ4v) is 1.73. The van der Waals surface area contributed by atoms with Crippen LogP contribution < -0.4 is 5.32 Å². The average Bonchev–Trinajstić information content (AvgIpc) is 2.37. The number of nitro benzene ring substituents is 1. The van der Waals surface area contributed by atoms with Crippen molar-refractivity contribution in [1.29, 1.82) is 0 Å². The van der Waals surface area contributed by atoms with Crippen LogP contribution in [-0.2, 0) is 4.79 Å². The maximum atomic E-state index is 12.0. The third-order valence-corrected chi connectivity index (χ3v) is 2.93. The molecule has 1 N–H and O–H groups in total. The maximum Gasteiger partial charge on any atom is 0.273 e. The number of amides is 1. The molecule has 1 unspecified atom stereocenters. The van der Waals surface area contributed by atoms with Gasteiger partial charge in [0.25, 0.3) is 11.6 Å². The molecule has 0 aromatic heterocycles. The van der Waals surface area contributed by atoms with E-state index in [1.54, 1.807) is 13.8 Å². The lowest BCUT2D eigenvalue weighted by Gasteiger charge is -2.13. The third kappa shape index (κ3) is 3.37. The summed E-state index contributed by atoms with van der Waals surface area (Å²) >= 11 is 0. The number of carbonyl (C=O) groups is 2. The van der Waals surface area contributed by atoms with E-state index in [0.717, 1.165) is 0 Å². The first-order valence-corrected chi connectivity index (χ1v) is 5.96. The standard InChI is InChI=1S/C13H16N2O4/c1-4-12(16)9(3)14-13(17)10-6-5-7-11(8(10)2)15(18)19/h5-7,9H,4H2,1-3H3,(H,14,17). The van der Waals surface area contributed by atoms with E-state index < -0.39 is 16.9 Å². The molecule has 0 aliphatic heterocycles. The fraction of sp³-hybridized carbons (Fsp3) is 0.385. The van der Waals surface area contributed by atoms with Gasteiger partial charge in [-0.3, -0.25) is 19.7 Å². The number of nitro groups is 1. The highest BCUT2D eigenvalue weighted by Crippen LogP contribution is 2.21. The van der Waals surface area contributed by atoms with Crippen molar-refractivity contribution >= 4 is 17.4 Å². The summed E-state index contributed by atoms with van der Waals surface area (Å²) in [5.41, 5.74) is 0.397. The predicted octanol–water partition coefficient (Wildman–Crippen LogP) is 2.00. The lowest BCUT2D eigenvalue weighted by molar-refractivity contribution is -0.385. The van der Waals surface area contributed by atoms with Gasteiger partial charge in [-0.1, -0.05) is 13.0 Å². The molecule has 1 rings (SSSR count). The van der Waals surface area contributed by atoms with Crippen LogP contribution in [0.2, 0.25) is 0 Å². The first-order chi connectivity index (χ1) is 8.88. The number of hydrogen-bond acceptors (Lipinski definition) is 4. The molecule has 0 bridgehead atoms. The van der Waals surface area contributed by atoms with Gasteiger partial charge < -0.3 is 5.32 Å².